The Labute approximate surface area is 148 Å². The molecule has 1 aliphatic rings. The zero-order valence-electron chi connectivity index (χ0n) is 12.7. The lowest BCUT2D eigenvalue weighted by Gasteiger charge is -2.13. The Morgan fingerprint density at radius 1 is 1.38 bits per heavy atom. The number of H-pyrrole nitrogens is 1. The highest BCUT2D eigenvalue weighted by molar-refractivity contribution is 6.45. The number of carboxylic acids is 1. The maximum Gasteiger partial charge on any atom is 0.308 e. The summed E-state index contributed by atoms with van der Waals surface area (Å²) in [4.78, 5) is 11.6. The number of rotatable bonds is 2. The highest BCUT2D eigenvalue weighted by Gasteiger charge is 2.28. The second-order valence-corrected chi connectivity index (χ2v) is 6.89. The molecule has 0 fully saturated rings. The summed E-state index contributed by atoms with van der Waals surface area (Å²) in [6, 6.07) is 3.73. The van der Waals surface area contributed by atoms with E-state index in [9.17, 15) is 9.90 Å². The van der Waals surface area contributed by atoms with Crippen LogP contribution in [0.1, 0.15) is 18.5 Å². The second kappa shape index (κ2) is 5.83. The number of aromatic amines is 1. The average molecular weight is 364 g/mol. The molecule has 0 bridgehead atoms. The van der Waals surface area contributed by atoms with Crippen LogP contribution in [0.3, 0.4) is 0 Å². The van der Waals surface area contributed by atoms with Gasteiger partial charge in [-0.2, -0.15) is 5.10 Å². The first-order chi connectivity index (χ1) is 11.6. The van der Waals surface area contributed by atoms with Crippen LogP contribution in [-0.4, -0.2) is 25.8 Å². The highest BCUT2D eigenvalue weighted by atomic mass is 35.5. The highest BCUT2D eigenvalue weighted by Crippen LogP contribution is 2.42. The van der Waals surface area contributed by atoms with Crippen LogP contribution >= 0.6 is 23.2 Å². The van der Waals surface area contributed by atoms with Gasteiger partial charge in [-0.3, -0.25) is 9.89 Å². The van der Waals surface area contributed by atoms with Gasteiger partial charge in [-0.1, -0.05) is 29.3 Å². The van der Waals surface area contributed by atoms with Crippen molar-refractivity contribution in [3.63, 3.8) is 0 Å². The molecule has 124 valence electrons. The molecule has 0 saturated heterocycles. The van der Waals surface area contributed by atoms with Crippen LogP contribution < -0.4 is 0 Å². The molecule has 0 saturated carbocycles. The van der Waals surface area contributed by atoms with Gasteiger partial charge in [0.1, 0.15) is 0 Å². The number of carbonyl (C=O) groups is 1. The molecule has 4 rings (SSSR count). The smallest absolute Gasteiger partial charge is 0.308 e. The van der Waals surface area contributed by atoms with Crippen LogP contribution in [0.15, 0.2) is 24.5 Å². The van der Waals surface area contributed by atoms with Gasteiger partial charge in [0.2, 0.25) is 0 Å². The molecule has 1 atom stereocenters. The normalized spacial score (nSPS) is 17.7. The number of benzene rings is 1. The van der Waals surface area contributed by atoms with Crippen LogP contribution in [0.4, 0.5) is 0 Å². The van der Waals surface area contributed by atoms with Crippen LogP contribution in [0.2, 0.25) is 10.0 Å². The Morgan fingerprint density at radius 2 is 2.21 bits per heavy atom. The number of nitrogens with zero attached hydrogens (tertiary/aromatic N) is 2. The number of hydrogen-bond acceptors (Lipinski definition) is 2. The van der Waals surface area contributed by atoms with Crippen molar-refractivity contribution < 1.29 is 9.90 Å². The lowest BCUT2D eigenvalue weighted by Crippen LogP contribution is -2.18. The van der Waals surface area contributed by atoms with E-state index in [0.29, 0.717) is 23.0 Å². The van der Waals surface area contributed by atoms with Gasteiger partial charge in [-0.15, -0.1) is 0 Å². The van der Waals surface area contributed by atoms with Gasteiger partial charge >= 0.3 is 5.97 Å². The summed E-state index contributed by atoms with van der Waals surface area (Å²) in [5.41, 5.74) is 3.94. The topological polar surface area (TPSA) is 70.9 Å². The molecule has 7 heteroatoms. The van der Waals surface area contributed by atoms with Crippen LogP contribution in [0, 0.1) is 5.92 Å². The van der Waals surface area contributed by atoms with E-state index >= 15 is 0 Å². The largest absolute Gasteiger partial charge is 0.481 e. The molecular formula is C17H15Cl2N3O2. The van der Waals surface area contributed by atoms with Gasteiger partial charge < -0.3 is 9.67 Å². The third kappa shape index (κ3) is 2.31. The minimum absolute atomic E-state index is 0.402. The molecule has 0 unspecified atom stereocenters. The van der Waals surface area contributed by atoms with Crippen molar-refractivity contribution in [1.82, 2.24) is 14.8 Å². The van der Waals surface area contributed by atoms with Crippen molar-refractivity contribution in [2.75, 3.05) is 0 Å². The van der Waals surface area contributed by atoms with E-state index in [0.717, 1.165) is 40.6 Å². The number of fused-ring (bicyclic) bond motifs is 3. The molecule has 1 aliphatic heterocycles. The lowest BCUT2D eigenvalue weighted by molar-refractivity contribution is -0.142. The van der Waals surface area contributed by atoms with Crippen molar-refractivity contribution in [3.05, 3.63) is 40.3 Å². The average Bonchev–Trinajstić information content (AvgIpc) is 3.11. The monoisotopic (exact) mass is 363 g/mol. The molecule has 2 N–H and O–H groups in total. The molecule has 0 aliphatic carbocycles. The van der Waals surface area contributed by atoms with Gasteiger partial charge in [0, 0.05) is 34.9 Å². The van der Waals surface area contributed by atoms with E-state index in [2.05, 4.69) is 10.2 Å². The van der Waals surface area contributed by atoms with Crippen molar-refractivity contribution in [3.8, 4) is 11.1 Å². The number of halogens is 2. The predicted molar refractivity (Wildman–Crippen MR) is 93.6 cm³/mol. The Balaban J connectivity index is 2.05. The summed E-state index contributed by atoms with van der Waals surface area (Å²) in [6.45, 7) is 0.402. The molecule has 2 aromatic heterocycles. The molecular weight excluding hydrogens is 349 g/mol. The van der Waals surface area contributed by atoms with E-state index in [-0.39, 0.29) is 0 Å². The van der Waals surface area contributed by atoms with E-state index in [4.69, 9.17) is 23.2 Å². The van der Waals surface area contributed by atoms with E-state index in [1.54, 1.807) is 12.3 Å². The number of aliphatic carboxylic acids is 1. The molecule has 5 nitrogen and oxygen atoms in total. The number of carboxylic acid groups (broad SMARTS) is 1. The van der Waals surface area contributed by atoms with Crippen LogP contribution in [0.5, 0.6) is 0 Å². The van der Waals surface area contributed by atoms with E-state index in [1.165, 1.54) is 0 Å². The number of aromatic nitrogens is 3. The Kier molecular flexibility index (Phi) is 3.77. The first kappa shape index (κ1) is 15.5. The first-order valence-electron chi connectivity index (χ1n) is 7.79. The predicted octanol–water partition coefficient (Wildman–Crippen LogP) is 4.38. The Hall–Kier alpha value is -1.98. The summed E-state index contributed by atoms with van der Waals surface area (Å²) >= 11 is 12.7. The maximum atomic E-state index is 11.6. The van der Waals surface area contributed by atoms with E-state index < -0.39 is 11.9 Å². The van der Waals surface area contributed by atoms with Gasteiger partial charge in [-0.05, 0) is 25.3 Å². The molecule has 3 heterocycles. The van der Waals surface area contributed by atoms with Crippen molar-refractivity contribution >= 4 is 40.1 Å². The van der Waals surface area contributed by atoms with Crippen molar-refractivity contribution in [1.29, 1.82) is 0 Å². The Bertz CT molecular complexity index is 931. The van der Waals surface area contributed by atoms with Gasteiger partial charge in [0.15, 0.2) is 0 Å². The van der Waals surface area contributed by atoms with Gasteiger partial charge in [0.05, 0.1) is 27.7 Å². The number of hydrogen-bond donors (Lipinski definition) is 2. The van der Waals surface area contributed by atoms with Crippen molar-refractivity contribution in [2.24, 2.45) is 5.92 Å². The zero-order chi connectivity index (χ0) is 16.8. The summed E-state index contributed by atoms with van der Waals surface area (Å²) in [5, 5.41) is 18.3. The Morgan fingerprint density at radius 3 is 2.92 bits per heavy atom. The molecule has 3 aromatic rings. The summed E-state index contributed by atoms with van der Waals surface area (Å²) < 4.78 is 2.04. The van der Waals surface area contributed by atoms with Gasteiger partial charge in [-0.25, -0.2) is 0 Å². The zero-order valence-corrected chi connectivity index (χ0v) is 14.2. The standard InChI is InChI=1S/C17H15Cl2N3O2/c18-12-5-4-11-14(10-6-20-21-7-10)13-3-1-2-9(17(23)24)8-22(13)16(11)15(12)19/h4-7,9H,1-3,8H2,(H,20,21)(H,23,24)/t9-/m1/s1. The lowest BCUT2D eigenvalue weighted by atomic mass is 10.00. The molecule has 0 spiro atoms. The summed E-state index contributed by atoms with van der Waals surface area (Å²) in [7, 11) is 0. The maximum absolute atomic E-state index is 11.6. The van der Waals surface area contributed by atoms with Gasteiger partial charge in [0.25, 0.3) is 0 Å². The second-order valence-electron chi connectivity index (χ2n) is 6.10. The SMILES string of the molecule is O=C(O)[C@@H]1CCCc2c(-c3cn[nH]c3)c3ccc(Cl)c(Cl)c3n2C1. The number of nitrogens with one attached hydrogen (secondary N) is 1. The van der Waals surface area contributed by atoms with Crippen LogP contribution in [0.25, 0.3) is 22.0 Å². The van der Waals surface area contributed by atoms with Crippen molar-refractivity contribution in [2.45, 2.75) is 25.8 Å². The fourth-order valence-electron chi connectivity index (χ4n) is 3.63. The minimum atomic E-state index is -0.771. The summed E-state index contributed by atoms with van der Waals surface area (Å²) in [6.07, 6.45) is 5.90. The fourth-order valence-corrected chi connectivity index (χ4v) is 4.05. The van der Waals surface area contributed by atoms with Crippen LogP contribution in [-0.2, 0) is 17.8 Å². The third-order valence-corrected chi connectivity index (χ3v) is 5.52. The molecule has 1 aromatic carbocycles. The third-order valence-electron chi connectivity index (χ3n) is 4.73. The molecule has 0 amide bonds. The first-order valence-corrected chi connectivity index (χ1v) is 8.54. The van der Waals surface area contributed by atoms with E-state index in [1.807, 2.05) is 16.8 Å². The molecule has 0 radical (unpaired) electrons. The quantitative estimate of drug-likeness (QED) is 0.709. The minimum Gasteiger partial charge on any atom is -0.481 e. The molecule has 24 heavy (non-hydrogen) atoms. The summed E-state index contributed by atoms with van der Waals surface area (Å²) in [5.74, 6) is -1.19. The fraction of sp³-hybridized carbons (Fsp3) is 0.294.